The summed E-state index contributed by atoms with van der Waals surface area (Å²) < 4.78 is 0. The first-order valence-corrected chi connectivity index (χ1v) is 5.02. The molecule has 74 valence electrons. The molecule has 0 saturated heterocycles. The van der Waals surface area contributed by atoms with Crippen LogP contribution < -0.4 is 5.32 Å². The molecule has 2 aromatic rings. The van der Waals surface area contributed by atoms with Crippen molar-refractivity contribution in [2.24, 2.45) is 0 Å². The van der Waals surface area contributed by atoms with Gasteiger partial charge >= 0.3 is 0 Å². The van der Waals surface area contributed by atoms with Gasteiger partial charge in [-0.1, -0.05) is 11.3 Å². The Kier molecular flexibility index (Phi) is 2.56. The number of rotatable bonds is 2. The summed E-state index contributed by atoms with van der Waals surface area (Å²) in [5.74, 6) is 0. The van der Waals surface area contributed by atoms with Crippen LogP contribution >= 0.6 is 11.3 Å². The lowest BCUT2D eigenvalue weighted by molar-refractivity contribution is 1.09. The van der Waals surface area contributed by atoms with Crippen molar-refractivity contribution >= 4 is 16.5 Å². The maximum atomic E-state index is 8.73. The van der Waals surface area contributed by atoms with E-state index in [4.69, 9.17) is 5.26 Å². The third kappa shape index (κ3) is 1.92. The van der Waals surface area contributed by atoms with Crippen molar-refractivity contribution in [1.82, 2.24) is 15.2 Å². The topological polar surface area (TPSA) is 74.5 Å². The summed E-state index contributed by atoms with van der Waals surface area (Å²) in [5, 5.41) is 21.0. The predicted octanol–water partition coefficient (Wildman–Crippen LogP) is 1.51. The zero-order valence-corrected chi connectivity index (χ0v) is 8.75. The Labute approximate surface area is 90.4 Å². The summed E-state index contributed by atoms with van der Waals surface area (Å²) in [7, 11) is 1.79. The summed E-state index contributed by atoms with van der Waals surface area (Å²) in [6, 6.07) is 3.78. The van der Waals surface area contributed by atoms with Crippen molar-refractivity contribution in [3.63, 3.8) is 0 Å². The number of pyridine rings is 1. The van der Waals surface area contributed by atoms with E-state index in [9.17, 15) is 0 Å². The molecular formula is C9H7N5S. The molecule has 0 aliphatic carbocycles. The number of nitrogens with one attached hydrogen (secondary N) is 1. The van der Waals surface area contributed by atoms with Crippen LogP contribution in [-0.2, 0) is 0 Å². The highest BCUT2D eigenvalue weighted by Crippen LogP contribution is 2.25. The summed E-state index contributed by atoms with van der Waals surface area (Å²) in [6.45, 7) is 0. The normalized spacial score (nSPS) is 9.60. The summed E-state index contributed by atoms with van der Waals surface area (Å²) in [4.78, 5) is 3.96. The van der Waals surface area contributed by atoms with Crippen LogP contribution in [0.15, 0.2) is 18.5 Å². The number of hydrogen-bond acceptors (Lipinski definition) is 6. The first-order chi connectivity index (χ1) is 7.33. The fourth-order valence-corrected chi connectivity index (χ4v) is 1.74. The predicted molar refractivity (Wildman–Crippen MR) is 57.4 cm³/mol. The van der Waals surface area contributed by atoms with Gasteiger partial charge < -0.3 is 5.32 Å². The molecular weight excluding hydrogens is 210 g/mol. The van der Waals surface area contributed by atoms with Crippen LogP contribution in [0, 0.1) is 11.3 Å². The molecule has 2 aromatic heterocycles. The van der Waals surface area contributed by atoms with E-state index in [1.165, 1.54) is 17.5 Å². The highest BCUT2D eigenvalue weighted by molar-refractivity contribution is 7.18. The molecule has 5 nitrogen and oxygen atoms in total. The molecule has 0 spiro atoms. The van der Waals surface area contributed by atoms with Crippen molar-refractivity contribution in [1.29, 1.82) is 5.26 Å². The van der Waals surface area contributed by atoms with Gasteiger partial charge in [0.05, 0.1) is 5.56 Å². The van der Waals surface area contributed by atoms with Crippen LogP contribution in [-0.4, -0.2) is 22.2 Å². The van der Waals surface area contributed by atoms with Gasteiger partial charge in [0, 0.05) is 25.0 Å². The van der Waals surface area contributed by atoms with E-state index >= 15 is 0 Å². The fraction of sp³-hybridized carbons (Fsp3) is 0.111. The zero-order valence-electron chi connectivity index (χ0n) is 7.93. The first-order valence-electron chi connectivity index (χ1n) is 4.20. The summed E-state index contributed by atoms with van der Waals surface area (Å²) in [5.41, 5.74) is 1.33. The molecule has 1 N–H and O–H groups in total. The van der Waals surface area contributed by atoms with Crippen molar-refractivity contribution in [2.45, 2.75) is 0 Å². The average molecular weight is 217 g/mol. The van der Waals surface area contributed by atoms with E-state index in [1.54, 1.807) is 19.3 Å². The SMILES string of the molecule is CNc1nnc(-c2cncc(C#N)c2)s1. The Bertz CT molecular complexity index is 513. The van der Waals surface area contributed by atoms with Gasteiger partial charge in [-0.25, -0.2) is 0 Å². The molecule has 0 aliphatic rings. The van der Waals surface area contributed by atoms with E-state index in [-0.39, 0.29) is 0 Å². The maximum Gasteiger partial charge on any atom is 0.205 e. The number of nitriles is 1. The lowest BCUT2D eigenvalue weighted by Gasteiger charge is -1.93. The van der Waals surface area contributed by atoms with Gasteiger partial charge in [-0.15, -0.1) is 10.2 Å². The Balaban J connectivity index is 2.41. The van der Waals surface area contributed by atoms with Gasteiger partial charge in [0.1, 0.15) is 6.07 Å². The molecule has 0 atom stereocenters. The molecule has 2 heterocycles. The third-order valence-corrected chi connectivity index (χ3v) is 2.74. The first kappa shape index (κ1) is 9.55. The molecule has 0 unspecified atom stereocenters. The molecule has 0 bridgehead atoms. The second-order valence-electron chi connectivity index (χ2n) is 2.74. The van der Waals surface area contributed by atoms with Gasteiger partial charge in [0.25, 0.3) is 0 Å². The van der Waals surface area contributed by atoms with Crippen LogP contribution in [0.25, 0.3) is 10.6 Å². The standard InChI is InChI=1S/C9H7N5S/c1-11-9-14-13-8(15-9)7-2-6(3-10)4-12-5-7/h2,4-5H,1H3,(H,11,14). The molecule has 0 fully saturated rings. The lowest BCUT2D eigenvalue weighted by Crippen LogP contribution is -1.84. The van der Waals surface area contributed by atoms with E-state index in [0.717, 1.165) is 15.7 Å². The van der Waals surface area contributed by atoms with Crippen LogP contribution in [0.1, 0.15) is 5.56 Å². The molecule has 0 aromatic carbocycles. The van der Waals surface area contributed by atoms with Crippen LogP contribution in [0.2, 0.25) is 0 Å². The minimum absolute atomic E-state index is 0.522. The maximum absolute atomic E-state index is 8.73. The van der Waals surface area contributed by atoms with Crippen molar-refractivity contribution in [2.75, 3.05) is 12.4 Å². The van der Waals surface area contributed by atoms with Gasteiger partial charge in [0.2, 0.25) is 5.13 Å². The molecule has 15 heavy (non-hydrogen) atoms. The van der Waals surface area contributed by atoms with E-state index in [0.29, 0.717) is 5.56 Å². The lowest BCUT2D eigenvalue weighted by atomic mass is 10.2. The minimum atomic E-state index is 0.522. The molecule has 6 heteroatoms. The van der Waals surface area contributed by atoms with Crippen LogP contribution in [0.4, 0.5) is 5.13 Å². The van der Waals surface area contributed by atoms with Gasteiger partial charge in [-0.05, 0) is 6.07 Å². The quantitative estimate of drug-likeness (QED) is 0.825. The molecule has 0 radical (unpaired) electrons. The van der Waals surface area contributed by atoms with E-state index in [1.807, 2.05) is 6.07 Å². The highest BCUT2D eigenvalue weighted by Gasteiger charge is 2.06. The second-order valence-corrected chi connectivity index (χ2v) is 3.71. The van der Waals surface area contributed by atoms with Gasteiger partial charge in [-0.2, -0.15) is 5.26 Å². The zero-order chi connectivity index (χ0) is 10.7. The Morgan fingerprint density at radius 1 is 1.40 bits per heavy atom. The van der Waals surface area contributed by atoms with Crippen LogP contribution in [0.3, 0.4) is 0 Å². The Hall–Kier alpha value is -2.00. The number of nitrogens with zero attached hydrogens (tertiary/aromatic N) is 4. The second kappa shape index (κ2) is 4.02. The molecule has 0 amide bonds. The van der Waals surface area contributed by atoms with Crippen molar-refractivity contribution in [3.05, 3.63) is 24.0 Å². The molecule has 0 saturated carbocycles. The van der Waals surface area contributed by atoms with Gasteiger partial charge in [0.15, 0.2) is 5.01 Å². The summed E-state index contributed by atoms with van der Waals surface area (Å²) >= 11 is 1.42. The highest BCUT2D eigenvalue weighted by atomic mass is 32.1. The van der Waals surface area contributed by atoms with Crippen molar-refractivity contribution < 1.29 is 0 Å². The minimum Gasteiger partial charge on any atom is -0.363 e. The van der Waals surface area contributed by atoms with Crippen molar-refractivity contribution in [3.8, 4) is 16.6 Å². The molecule has 2 rings (SSSR count). The van der Waals surface area contributed by atoms with E-state index < -0.39 is 0 Å². The number of aromatic nitrogens is 3. The molecule has 0 aliphatic heterocycles. The van der Waals surface area contributed by atoms with Crippen LogP contribution in [0.5, 0.6) is 0 Å². The monoisotopic (exact) mass is 217 g/mol. The van der Waals surface area contributed by atoms with Gasteiger partial charge in [-0.3, -0.25) is 4.98 Å². The smallest absolute Gasteiger partial charge is 0.205 e. The number of anilines is 1. The fourth-order valence-electron chi connectivity index (χ4n) is 1.06. The third-order valence-electron chi connectivity index (χ3n) is 1.75. The average Bonchev–Trinajstić information content (AvgIpc) is 2.78. The summed E-state index contributed by atoms with van der Waals surface area (Å²) in [6.07, 6.45) is 3.18. The van der Waals surface area contributed by atoms with E-state index in [2.05, 4.69) is 20.5 Å². The Morgan fingerprint density at radius 2 is 2.27 bits per heavy atom. The Morgan fingerprint density at radius 3 is 2.93 bits per heavy atom. The largest absolute Gasteiger partial charge is 0.363 e. The number of hydrogen-bond donors (Lipinski definition) is 1.